The van der Waals surface area contributed by atoms with Crippen LogP contribution in [0.2, 0.25) is 0 Å². The third kappa shape index (κ3) is 6.56. The van der Waals surface area contributed by atoms with E-state index >= 15 is 0 Å². The number of rotatable bonds is 10. The first-order chi connectivity index (χ1) is 14.2. The lowest BCUT2D eigenvalue weighted by Gasteiger charge is -2.16. The standard InChI is InChI=1S/C23H31N3O4/c1-16-8-10-19(11-9-16)24-22(28)15-25(4)14-21(27)20-13-17(2)26(18(20)3)12-6-7-23(29)30-5/h8-11,13H,6-7,12,14-15H2,1-5H3,(H,24,28). The zero-order valence-corrected chi connectivity index (χ0v) is 18.4. The van der Waals surface area contributed by atoms with Gasteiger partial charge >= 0.3 is 5.97 Å². The number of benzene rings is 1. The topological polar surface area (TPSA) is 80.6 Å². The van der Waals surface area contributed by atoms with Crippen molar-refractivity contribution in [3.63, 3.8) is 0 Å². The minimum absolute atomic E-state index is 0.0343. The average Bonchev–Trinajstić information content (AvgIpc) is 2.97. The molecule has 0 saturated carbocycles. The molecule has 0 aliphatic heterocycles. The fraction of sp³-hybridized carbons (Fsp3) is 0.435. The lowest BCUT2D eigenvalue weighted by Crippen LogP contribution is -2.34. The number of nitrogens with zero attached hydrogens (tertiary/aromatic N) is 2. The molecular weight excluding hydrogens is 382 g/mol. The number of carbonyl (C=O) groups excluding carboxylic acids is 3. The largest absolute Gasteiger partial charge is 0.469 e. The smallest absolute Gasteiger partial charge is 0.305 e. The van der Waals surface area contributed by atoms with E-state index in [1.165, 1.54) is 7.11 Å². The number of aromatic nitrogens is 1. The Bertz CT molecular complexity index is 900. The minimum Gasteiger partial charge on any atom is -0.469 e. The summed E-state index contributed by atoms with van der Waals surface area (Å²) in [6.07, 6.45) is 0.991. The Labute approximate surface area is 178 Å². The summed E-state index contributed by atoms with van der Waals surface area (Å²) in [5, 5.41) is 2.84. The maximum absolute atomic E-state index is 12.8. The number of aryl methyl sites for hydroxylation is 2. The highest BCUT2D eigenvalue weighted by Gasteiger charge is 2.18. The fourth-order valence-electron chi connectivity index (χ4n) is 3.38. The van der Waals surface area contributed by atoms with Gasteiger partial charge in [0, 0.05) is 35.6 Å². The molecule has 0 aliphatic carbocycles. The van der Waals surface area contributed by atoms with Gasteiger partial charge in [-0.15, -0.1) is 0 Å². The summed E-state index contributed by atoms with van der Waals surface area (Å²) in [6, 6.07) is 9.45. The second-order valence-electron chi connectivity index (χ2n) is 7.63. The maximum Gasteiger partial charge on any atom is 0.305 e. The molecule has 0 atom stereocenters. The highest BCUT2D eigenvalue weighted by Crippen LogP contribution is 2.17. The van der Waals surface area contributed by atoms with Crippen molar-refractivity contribution >= 4 is 23.3 Å². The molecule has 0 unspecified atom stereocenters. The molecule has 0 radical (unpaired) electrons. The molecule has 1 aromatic carbocycles. The van der Waals surface area contributed by atoms with E-state index in [9.17, 15) is 14.4 Å². The Morgan fingerprint density at radius 1 is 1.07 bits per heavy atom. The van der Waals surface area contributed by atoms with E-state index in [-0.39, 0.29) is 30.7 Å². The van der Waals surface area contributed by atoms with Gasteiger partial charge in [0.25, 0.3) is 0 Å². The number of Topliss-reactive ketones (excluding diaryl/α,β-unsaturated/α-hetero) is 1. The van der Waals surface area contributed by atoms with Crippen molar-refractivity contribution in [2.45, 2.75) is 40.2 Å². The summed E-state index contributed by atoms with van der Waals surface area (Å²) < 4.78 is 6.71. The Morgan fingerprint density at radius 3 is 2.37 bits per heavy atom. The van der Waals surface area contributed by atoms with Gasteiger partial charge in [0.05, 0.1) is 20.2 Å². The van der Waals surface area contributed by atoms with Gasteiger partial charge in [-0.25, -0.2) is 0 Å². The summed E-state index contributed by atoms with van der Waals surface area (Å²) >= 11 is 0. The second-order valence-corrected chi connectivity index (χ2v) is 7.63. The number of hydrogen-bond donors (Lipinski definition) is 1. The van der Waals surface area contributed by atoms with Crippen LogP contribution in [0.4, 0.5) is 5.69 Å². The minimum atomic E-state index is -0.237. The van der Waals surface area contributed by atoms with Crippen molar-refractivity contribution in [1.82, 2.24) is 9.47 Å². The lowest BCUT2D eigenvalue weighted by molar-refractivity contribution is -0.140. The molecule has 1 heterocycles. The van der Waals surface area contributed by atoms with Crippen LogP contribution in [0, 0.1) is 20.8 Å². The Kier molecular flexibility index (Phi) is 8.35. The van der Waals surface area contributed by atoms with Crippen molar-refractivity contribution in [1.29, 1.82) is 0 Å². The van der Waals surface area contributed by atoms with E-state index in [0.717, 1.165) is 22.6 Å². The molecule has 0 fully saturated rings. The van der Waals surface area contributed by atoms with Crippen LogP contribution in [-0.2, 0) is 20.9 Å². The van der Waals surface area contributed by atoms with Gasteiger partial charge in [0.2, 0.25) is 5.91 Å². The number of anilines is 1. The van der Waals surface area contributed by atoms with Crippen LogP contribution in [0.5, 0.6) is 0 Å². The van der Waals surface area contributed by atoms with Crippen LogP contribution in [0.25, 0.3) is 0 Å². The average molecular weight is 414 g/mol. The van der Waals surface area contributed by atoms with Gasteiger partial charge in [0.15, 0.2) is 5.78 Å². The first-order valence-corrected chi connectivity index (χ1v) is 10.0. The number of nitrogens with one attached hydrogen (secondary N) is 1. The van der Waals surface area contributed by atoms with Crippen LogP contribution >= 0.6 is 0 Å². The quantitative estimate of drug-likeness (QED) is 0.478. The molecule has 2 rings (SSSR count). The van der Waals surface area contributed by atoms with Gasteiger partial charge in [-0.05, 0) is 52.4 Å². The fourth-order valence-corrected chi connectivity index (χ4v) is 3.38. The highest BCUT2D eigenvalue weighted by atomic mass is 16.5. The molecule has 2 aromatic rings. The number of likely N-dealkylation sites (N-methyl/N-ethyl adjacent to an activating group) is 1. The van der Waals surface area contributed by atoms with Crippen molar-refractivity contribution in [3.05, 3.63) is 52.8 Å². The summed E-state index contributed by atoms with van der Waals surface area (Å²) in [6.45, 7) is 6.75. The number of methoxy groups -OCH3 is 1. The molecule has 7 heteroatoms. The molecule has 0 bridgehead atoms. The molecule has 0 saturated heterocycles. The van der Waals surface area contributed by atoms with Crippen LogP contribution in [0.1, 0.15) is 40.2 Å². The zero-order chi connectivity index (χ0) is 22.3. The molecular formula is C23H31N3O4. The van der Waals surface area contributed by atoms with E-state index in [1.807, 2.05) is 55.7 Å². The van der Waals surface area contributed by atoms with Gasteiger partial charge in [-0.2, -0.15) is 0 Å². The predicted octanol–water partition coefficient (Wildman–Crippen LogP) is 3.12. The molecule has 1 aromatic heterocycles. The van der Waals surface area contributed by atoms with E-state index in [2.05, 4.69) is 10.1 Å². The molecule has 1 N–H and O–H groups in total. The van der Waals surface area contributed by atoms with Crippen molar-refractivity contribution in [2.75, 3.05) is 32.6 Å². The van der Waals surface area contributed by atoms with Crippen LogP contribution < -0.4 is 5.32 Å². The number of hydrogen-bond acceptors (Lipinski definition) is 5. The molecule has 7 nitrogen and oxygen atoms in total. The third-order valence-corrected chi connectivity index (χ3v) is 5.03. The van der Waals surface area contributed by atoms with Gasteiger partial charge in [0.1, 0.15) is 0 Å². The number of ether oxygens (including phenoxy) is 1. The monoisotopic (exact) mass is 413 g/mol. The SMILES string of the molecule is COC(=O)CCCn1c(C)cc(C(=O)CN(C)CC(=O)Nc2ccc(C)cc2)c1C. The van der Waals surface area contributed by atoms with E-state index in [1.54, 1.807) is 11.9 Å². The highest BCUT2D eigenvalue weighted by molar-refractivity contribution is 5.99. The molecule has 1 amide bonds. The van der Waals surface area contributed by atoms with Gasteiger partial charge in [-0.3, -0.25) is 19.3 Å². The summed E-state index contributed by atoms with van der Waals surface area (Å²) in [4.78, 5) is 38.0. The van der Waals surface area contributed by atoms with E-state index < -0.39 is 0 Å². The Hall–Kier alpha value is -2.93. The first-order valence-electron chi connectivity index (χ1n) is 10.0. The Balaban J connectivity index is 1.91. The molecule has 0 aliphatic rings. The van der Waals surface area contributed by atoms with E-state index in [0.29, 0.717) is 24.9 Å². The van der Waals surface area contributed by atoms with Gasteiger partial charge < -0.3 is 14.6 Å². The van der Waals surface area contributed by atoms with Gasteiger partial charge in [-0.1, -0.05) is 17.7 Å². The number of amides is 1. The lowest BCUT2D eigenvalue weighted by atomic mass is 10.1. The van der Waals surface area contributed by atoms with Crippen molar-refractivity contribution < 1.29 is 19.1 Å². The summed E-state index contributed by atoms with van der Waals surface area (Å²) in [5.41, 5.74) is 4.36. The predicted molar refractivity (Wildman–Crippen MR) is 117 cm³/mol. The zero-order valence-electron chi connectivity index (χ0n) is 18.4. The molecule has 162 valence electrons. The maximum atomic E-state index is 12.8. The van der Waals surface area contributed by atoms with Crippen LogP contribution in [0.15, 0.2) is 30.3 Å². The van der Waals surface area contributed by atoms with Crippen LogP contribution in [0.3, 0.4) is 0 Å². The summed E-state index contributed by atoms with van der Waals surface area (Å²) in [5.74, 6) is -0.435. The third-order valence-electron chi connectivity index (χ3n) is 5.03. The number of ketones is 1. The second kappa shape index (κ2) is 10.7. The normalized spacial score (nSPS) is 10.9. The molecule has 30 heavy (non-hydrogen) atoms. The number of esters is 1. The van der Waals surface area contributed by atoms with Crippen molar-refractivity contribution in [2.24, 2.45) is 0 Å². The first kappa shape index (κ1) is 23.3. The summed E-state index contributed by atoms with van der Waals surface area (Å²) in [7, 11) is 3.13. The Morgan fingerprint density at radius 2 is 1.73 bits per heavy atom. The van der Waals surface area contributed by atoms with E-state index in [4.69, 9.17) is 0 Å². The number of carbonyl (C=O) groups is 3. The molecule has 0 spiro atoms. The van der Waals surface area contributed by atoms with Crippen LogP contribution in [-0.4, -0.2) is 54.4 Å². The van der Waals surface area contributed by atoms with Crippen molar-refractivity contribution in [3.8, 4) is 0 Å².